The summed E-state index contributed by atoms with van der Waals surface area (Å²) in [5, 5.41) is 0. The molecule has 98 valence electrons. The van der Waals surface area contributed by atoms with Gasteiger partial charge in [0.05, 0.1) is 0 Å². The summed E-state index contributed by atoms with van der Waals surface area (Å²) in [6.45, 7) is 8.02. The van der Waals surface area contributed by atoms with E-state index in [-0.39, 0.29) is 5.78 Å². The minimum absolute atomic E-state index is 0.105. The second-order valence-electron chi connectivity index (χ2n) is 5.02. The molecule has 0 aliphatic carbocycles. The number of ketones is 1. The molecule has 2 heteroatoms. The fourth-order valence-corrected chi connectivity index (χ4v) is 2.89. The van der Waals surface area contributed by atoms with Crippen LogP contribution in [0.5, 0.6) is 0 Å². The van der Waals surface area contributed by atoms with Gasteiger partial charge in [-0.1, -0.05) is 45.8 Å². The Morgan fingerprint density at radius 2 is 1.58 bits per heavy atom. The van der Waals surface area contributed by atoms with E-state index < -0.39 is 0 Å². The standard InChI is InChI=1S/C17H17BrO/c1-10-8-11(2)16(12(3)9-10)17(19)14-6-5-7-15(18)13(14)4/h5-9H,1-4H3. The first kappa shape index (κ1) is 14.0. The minimum Gasteiger partial charge on any atom is -0.289 e. The predicted molar refractivity (Wildman–Crippen MR) is 83.0 cm³/mol. The molecule has 0 saturated heterocycles. The highest BCUT2D eigenvalue weighted by Crippen LogP contribution is 2.25. The molecule has 0 bridgehead atoms. The van der Waals surface area contributed by atoms with Crippen LogP contribution < -0.4 is 0 Å². The summed E-state index contributed by atoms with van der Waals surface area (Å²) in [6, 6.07) is 9.88. The van der Waals surface area contributed by atoms with Crippen molar-refractivity contribution in [3.8, 4) is 0 Å². The van der Waals surface area contributed by atoms with E-state index in [1.807, 2.05) is 39.0 Å². The van der Waals surface area contributed by atoms with Gasteiger partial charge in [0.25, 0.3) is 0 Å². The maximum Gasteiger partial charge on any atom is 0.193 e. The molecule has 0 aliphatic rings. The highest BCUT2D eigenvalue weighted by atomic mass is 79.9. The molecule has 0 unspecified atom stereocenters. The van der Waals surface area contributed by atoms with Gasteiger partial charge in [-0.15, -0.1) is 0 Å². The Hall–Kier alpha value is -1.41. The number of halogens is 1. The topological polar surface area (TPSA) is 17.1 Å². The lowest BCUT2D eigenvalue weighted by Crippen LogP contribution is -2.08. The summed E-state index contributed by atoms with van der Waals surface area (Å²) in [5.74, 6) is 0.105. The third-order valence-electron chi connectivity index (χ3n) is 3.42. The average Bonchev–Trinajstić information content (AvgIpc) is 2.31. The third-order valence-corrected chi connectivity index (χ3v) is 4.28. The quantitative estimate of drug-likeness (QED) is 0.719. The highest BCUT2D eigenvalue weighted by Gasteiger charge is 2.17. The average molecular weight is 317 g/mol. The number of rotatable bonds is 2. The fraction of sp³-hybridized carbons (Fsp3) is 0.235. The summed E-state index contributed by atoms with van der Waals surface area (Å²) < 4.78 is 0.973. The molecule has 0 radical (unpaired) electrons. The Morgan fingerprint density at radius 3 is 2.16 bits per heavy atom. The van der Waals surface area contributed by atoms with Crippen LogP contribution in [0.15, 0.2) is 34.8 Å². The normalized spacial score (nSPS) is 10.6. The Kier molecular flexibility index (Phi) is 3.91. The monoisotopic (exact) mass is 316 g/mol. The van der Waals surface area contributed by atoms with Crippen molar-refractivity contribution in [2.45, 2.75) is 27.7 Å². The van der Waals surface area contributed by atoms with Crippen LogP contribution in [0.3, 0.4) is 0 Å². The Morgan fingerprint density at radius 1 is 1.00 bits per heavy atom. The zero-order valence-corrected chi connectivity index (χ0v) is 13.3. The lowest BCUT2D eigenvalue weighted by molar-refractivity contribution is 0.103. The lowest BCUT2D eigenvalue weighted by Gasteiger charge is -2.12. The van der Waals surface area contributed by atoms with E-state index in [1.165, 1.54) is 5.56 Å². The van der Waals surface area contributed by atoms with E-state index in [9.17, 15) is 4.79 Å². The molecule has 0 atom stereocenters. The van der Waals surface area contributed by atoms with Crippen LogP contribution in [0.4, 0.5) is 0 Å². The molecule has 0 saturated carbocycles. The molecule has 2 aromatic rings. The number of aryl methyl sites for hydroxylation is 3. The summed E-state index contributed by atoms with van der Waals surface area (Å²) in [4.78, 5) is 12.8. The van der Waals surface area contributed by atoms with Gasteiger partial charge in [0.15, 0.2) is 5.78 Å². The van der Waals surface area contributed by atoms with Crippen molar-refractivity contribution in [1.82, 2.24) is 0 Å². The second-order valence-corrected chi connectivity index (χ2v) is 5.87. The fourth-order valence-electron chi connectivity index (χ4n) is 2.53. The molecule has 0 fully saturated rings. The van der Waals surface area contributed by atoms with Crippen LogP contribution in [-0.2, 0) is 0 Å². The highest BCUT2D eigenvalue weighted by molar-refractivity contribution is 9.10. The number of carbonyl (C=O) groups is 1. The molecule has 1 nitrogen and oxygen atoms in total. The van der Waals surface area contributed by atoms with E-state index >= 15 is 0 Å². The van der Waals surface area contributed by atoms with Gasteiger partial charge in [0, 0.05) is 15.6 Å². The predicted octanol–water partition coefficient (Wildman–Crippen LogP) is 4.91. The summed E-state index contributed by atoms with van der Waals surface area (Å²) in [6.07, 6.45) is 0. The SMILES string of the molecule is Cc1cc(C)c(C(=O)c2cccc(Br)c2C)c(C)c1. The van der Waals surface area contributed by atoms with Gasteiger partial charge < -0.3 is 0 Å². The van der Waals surface area contributed by atoms with E-state index in [4.69, 9.17) is 0 Å². The number of hydrogen-bond donors (Lipinski definition) is 0. The van der Waals surface area contributed by atoms with Crippen molar-refractivity contribution in [2.24, 2.45) is 0 Å². The summed E-state index contributed by atoms with van der Waals surface area (Å²) in [7, 11) is 0. The molecular formula is C17H17BrO. The van der Waals surface area contributed by atoms with Crippen LogP contribution in [0.2, 0.25) is 0 Å². The van der Waals surface area contributed by atoms with Crippen molar-refractivity contribution < 1.29 is 4.79 Å². The van der Waals surface area contributed by atoms with Crippen LogP contribution >= 0.6 is 15.9 Å². The summed E-state index contributed by atoms with van der Waals surface area (Å²) in [5.41, 5.74) is 5.87. The summed E-state index contributed by atoms with van der Waals surface area (Å²) >= 11 is 3.48. The van der Waals surface area contributed by atoms with E-state index in [2.05, 4.69) is 35.0 Å². The molecule has 19 heavy (non-hydrogen) atoms. The zero-order chi connectivity index (χ0) is 14.2. The van der Waals surface area contributed by atoms with Crippen molar-refractivity contribution in [3.63, 3.8) is 0 Å². The van der Waals surface area contributed by atoms with Gasteiger partial charge in [-0.3, -0.25) is 4.79 Å². The van der Waals surface area contributed by atoms with Crippen LogP contribution in [-0.4, -0.2) is 5.78 Å². The molecular weight excluding hydrogens is 300 g/mol. The van der Waals surface area contributed by atoms with Crippen molar-refractivity contribution in [3.05, 3.63) is 68.2 Å². The number of benzene rings is 2. The van der Waals surface area contributed by atoms with Crippen LogP contribution in [0.25, 0.3) is 0 Å². The maximum atomic E-state index is 12.8. The van der Waals surface area contributed by atoms with Gasteiger partial charge in [0.2, 0.25) is 0 Å². The number of hydrogen-bond acceptors (Lipinski definition) is 1. The smallest absolute Gasteiger partial charge is 0.193 e. The molecule has 2 aromatic carbocycles. The molecule has 0 N–H and O–H groups in total. The molecule has 2 rings (SSSR count). The Balaban J connectivity index is 2.60. The first-order chi connectivity index (χ1) is 8.91. The third kappa shape index (κ3) is 2.64. The molecule has 0 heterocycles. The minimum atomic E-state index is 0.105. The van der Waals surface area contributed by atoms with Crippen LogP contribution in [0, 0.1) is 27.7 Å². The lowest BCUT2D eigenvalue weighted by atomic mass is 9.91. The Bertz CT molecular complexity index is 633. The van der Waals surface area contributed by atoms with Gasteiger partial charge in [-0.2, -0.15) is 0 Å². The second kappa shape index (κ2) is 5.30. The maximum absolute atomic E-state index is 12.8. The zero-order valence-electron chi connectivity index (χ0n) is 11.7. The largest absolute Gasteiger partial charge is 0.289 e. The van der Waals surface area contributed by atoms with Gasteiger partial charge in [-0.05, 0) is 50.5 Å². The van der Waals surface area contributed by atoms with Gasteiger partial charge in [0.1, 0.15) is 0 Å². The number of carbonyl (C=O) groups excluding carboxylic acids is 1. The van der Waals surface area contributed by atoms with E-state index in [0.29, 0.717) is 0 Å². The molecule has 0 spiro atoms. The molecule has 0 aliphatic heterocycles. The van der Waals surface area contributed by atoms with Crippen molar-refractivity contribution in [1.29, 1.82) is 0 Å². The molecule has 0 aromatic heterocycles. The first-order valence-corrected chi connectivity index (χ1v) is 7.08. The van der Waals surface area contributed by atoms with E-state index in [0.717, 1.165) is 32.3 Å². The molecule has 0 amide bonds. The first-order valence-electron chi connectivity index (χ1n) is 6.29. The van der Waals surface area contributed by atoms with Crippen molar-refractivity contribution in [2.75, 3.05) is 0 Å². The van der Waals surface area contributed by atoms with Gasteiger partial charge in [-0.25, -0.2) is 0 Å². The van der Waals surface area contributed by atoms with Crippen molar-refractivity contribution >= 4 is 21.7 Å². The van der Waals surface area contributed by atoms with E-state index in [1.54, 1.807) is 0 Å². The van der Waals surface area contributed by atoms with Crippen LogP contribution in [0.1, 0.15) is 38.2 Å². The Labute approximate surface area is 122 Å². The van der Waals surface area contributed by atoms with Gasteiger partial charge >= 0.3 is 0 Å².